The van der Waals surface area contributed by atoms with Crippen LogP contribution in [0.15, 0.2) is 41.0 Å². The van der Waals surface area contributed by atoms with Crippen molar-refractivity contribution in [3.05, 3.63) is 47.9 Å². The minimum atomic E-state index is -0.166. The highest BCUT2D eigenvalue weighted by atomic mass is 16.5. The summed E-state index contributed by atoms with van der Waals surface area (Å²) in [7, 11) is 3.09. The van der Waals surface area contributed by atoms with E-state index in [0.29, 0.717) is 30.2 Å². The average molecular weight is 345 g/mol. The number of ether oxygens (including phenoxy) is 3. The molecule has 1 aromatic heterocycles. The molecular weight excluding hydrogens is 322 g/mol. The van der Waals surface area contributed by atoms with Crippen molar-refractivity contribution < 1.29 is 23.4 Å². The summed E-state index contributed by atoms with van der Waals surface area (Å²) in [5.74, 6) is 1.53. The van der Waals surface area contributed by atoms with Crippen LogP contribution in [0.3, 0.4) is 0 Å². The van der Waals surface area contributed by atoms with E-state index in [1.807, 2.05) is 12.1 Å². The van der Waals surface area contributed by atoms with Crippen LogP contribution in [0.1, 0.15) is 29.0 Å². The lowest BCUT2D eigenvalue weighted by Gasteiger charge is -2.26. The van der Waals surface area contributed by atoms with Crippen molar-refractivity contribution in [2.75, 3.05) is 27.4 Å². The van der Waals surface area contributed by atoms with Gasteiger partial charge >= 0.3 is 0 Å². The summed E-state index contributed by atoms with van der Waals surface area (Å²) < 4.78 is 21.9. The molecule has 1 aliphatic heterocycles. The maximum Gasteiger partial charge on any atom is 0.261 e. The molecule has 25 heavy (non-hydrogen) atoms. The third-order valence-corrected chi connectivity index (χ3v) is 4.30. The summed E-state index contributed by atoms with van der Waals surface area (Å²) in [6.07, 6.45) is 3.61. The Morgan fingerprint density at radius 3 is 2.52 bits per heavy atom. The summed E-state index contributed by atoms with van der Waals surface area (Å²) in [6.45, 7) is 1.61. The maximum absolute atomic E-state index is 13.3. The minimum Gasteiger partial charge on any atom is -0.496 e. The predicted molar refractivity (Wildman–Crippen MR) is 92.0 cm³/mol. The van der Waals surface area contributed by atoms with Gasteiger partial charge in [0.05, 0.1) is 33.1 Å². The molecule has 6 nitrogen and oxygen atoms in total. The molecule has 0 saturated carbocycles. The van der Waals surface area contributed by atoms with Gasteiger partial charge in [-0.1, -0.05) is 6.07 Å². The summed E-state index contributed by atoms with van der Waals surface area (Å²) in [5, 5.41) is 0. The molecular formula is C19H23NO5. The van der Waals surface area contributed by atoms with Gasteiger partial charge in [0.25, 0.3) is 5.91 Å². The number of nitrogens with zero attached hydrogens (tertiary/aromatic N) is 1. The first-order valence-corrected chi connectivity index (χ1v) is 8.37. The molecule has 1 saturated heterocycles. The Kier molecular flexibility index (Phi) is 5.60. The second-order valence-electron chi connectivity index (χ2n) is 5.94. The van der Waals surface area contributed by atoms with Crippen LogP contribution in [-0.4, -0.2) is 44.3 Å². The van der Waals surface area contributed by atoms with Crippen LogP contribution in [0.5, 0.6) is 11.5 Å². The molecule has 0 spiro atoms. The topological polar surface area (TPSA) is 61.1 Å². The van der Waals surface area contributed by atoms with E-state index in [0.717, 1.165) is 25.2 Å². The fraction of sp³-hybridized carbons (Fsp3) is 0.421. The fourth-order valence-corrected chi connectivity index (χ4v) is 3.06. The van der Waals surface area contributed by atoms with E-state index in [2.05, 4.69) is 0 Å². The Morgan fingerprint density at radius 2 is 1.96 bits per heavy atom. The molecule has 0 N–H and O–H groups in total. The van der Waals surface area contributed by atoms with Gasteiger partial charge in [0, 0.05) is 13.2 Å². The Bertz CT molecular complexity index is 670. The number of hydrogen-bond acceptors (Lipinski definition) is 5. The number of hydrogen-bond donors (Lipinski definition) is 0. The average Bonchev–Trinajstić information content (AvgIpc) is 3.33. The van der Waals surface area contributed by atoms with Crippen LogP contribution in [-0.2, 0) is 11.3 Å². The maximum atomic E-state index is 13.3. The lowest BCUT2D eigenvalue weighted by molar-refractivity contribution is 0.0486. The Labute approximate surface area is 147 Å². The molecule has 1 atom stereocenters. The Balaban J connectivity index is 1.90. The lowest BCUT2D eigenvalue weighted by Crippen LogP contribution is -2.37. The molecule has 2 aromatic rings. The predicted octanol–water partition coefficient (Wildman–Crippen LogP) is 3.12. The molecule has 0 aliphatic carbocycles. The normalized spacial score (nSPS) is 16.6. The zero-order chi connectivity index (χ0) is 17.6. The van der Waals surface area contributed by atoms with E-state index in [1.54, 1.807) is 43.6 Å². The molecule has 1 unspecified atom stereocenters. The van der Waals surface area contributed by atoms with Crippen molar-refractivity contribution in [1.82, 2.24) is 4.90 Å². The highest BCUT2D eigenvalue weighted by Gasteiger charge is 2.28. The first-order valence-electron chi connectivity index (χ1n) is 8.37. The number of furan rings is 1. The van der Waals surface area contributed by atoms with Crippen molar-refractivity contribution in [3.8, 4) is 11.5 Å². The van der Waals surface area contributed by atoms with E-state index >= 15 is 0 Å². The highest BCUT2D eigenvalue weighted by molar-refractivity contribution is 5.99. The summed E-state index contributed by atoms with van der Waals surface area (Å²) in [4.78, 5) is 15.0. The number of amides is 1. The smallest absolute Gasteiger partial charge is 0.261 e. The van der Waals surface area contributed by atoms with Gasteiger partial charge in [-0.25, -0.2) is 0 Å². The quantitative estimate of drug-likeness (QED) is 0.772. The number of benzene rings is 1. The number of rotatable bonds is 7. The standard InChI is InChI=1S/C19H23NO5/c1-22-16-8-3-9-17(23-2)18(16)19(21)20(12-14-6-4-10-24-14)13-15-7-5-11-25-15/h3-4,6,8-10,15H,5,7,11-13H2,1-2H3. The van der Waals surface area contributed by atoms with Crippen molar-refractivity contribution >= 4 is 5.91 Å². The first kappa shape index (κ1) is 17.4. The number of carbonyl (C=O) groups is 1. The summed E-state index contributed by atoms with van der Waals surface area (Å²) >= 11 is 0. The number of carbonyl (C=O) groups excluding carboxylic acids is 1. The van der Waals surface area contributed by atoms with E-state index < -0.39 is 0 Å². The lowest BCUT2D eigenvalue weighted by atomic mass is 10.1. The molecule has 0 bridgehead atoms. The molecule has 2 heterocycles. The molecule has 1 aromatic carbocycles. The van der Waals surface area contributed by atoms with E-state index in [4.69, 9.17) is 18.6 Å². The van der Waals surface area contributed by atoms with E-state index in [9.17, 15) is 4.79 Å². The molecule has 134 valence electrons. The molecule has 3 rings (SSSR count). The summed E-state index contributed by atoms with van der Waals surface area (Å²) in [6, 6.07) is 8.98. The van der Waals surface area contributed by atoms with Gasteiger partial charge in [0.15, 0.2) is 0 Å². The minimum absolute atomic E-state index is 0.0413. The van der Waals surface area contributed by atoms with Gasteiger partial charge < -0.3 is 23.5 Å². The third-order valence-electron chi connectivity index (χ3n) is 4.30. The third kappa shape index (κ3) is 3.96. The van der Waals surface area contributed by atoms with Gasteiger partial charge in [-0.15, -0.1) is 0 Å². The van der Waals surface area contributed by atoms with Crippen LogP contribution in [0.25, 0.3) is 0 Å². The Morgan fingerprint density at radius 1 is 1.20 bits per heavy atom. The van der Waals surface area contributed by atoms with Crippen LogP contribution in [0.2, 0.25) is 0 Å². The molecule has 0 radical (unpaired) electrons. The van der Waals surface area contributed by atoms with E-state index in [1.165, 1.54) is 0 Å². The van der Waals surface area contributed by atoms with Crippen molar-refractivity contribution in [2.45, 2.75) is 25.5 Å². The SMILES string of the molecule is COc1cccc(OC)c1C(=O)N(Cc1ccco1)CC1CCCO1. The van der Waals surface area contributed by atoms with Crippen molar-refractivity contribution in [1.29, 1.82) is 0 Å². The largest absolute Gasteiger partial charge is 0.496 e. The Hall–Kier alpha value is -2.47. The van der Waals surface area contributed by atoms with Crippen molar-refractivity contribution in [2.24, 2.45) is 0 Å². The second kappa shape index (κ2) is 8.07. The molecule has 1 amide bonds. The molecule has 1 fully saturated rings. The zero-order valence-electron chi connectivity index (χ0n) is 14.6. The van der Waals surface area contributed by atoms with Crippen LogP contribution >= 0.6 is 0 Å². The fourth-order valence-electron chi connectivity index (χ4n) is 3.06. The molecule has 1 aliphatic rings. The molecule has 6 heteroatoms. The second-order valence-corrected chi connectivity index (χ2v) is 5.94. The monoisotopic (exact) mass is 345 g/mol. The van der Waals surface area contributed by atoms with Crippen molar-refractivity contribution in [3.63, 3.8) is 0 Å². The van der Waals surface area contributed by atoms with Gasteiger partial charge in [-0.3, -0.25) is 4.79 Å². The van der Waals surface area contributed by atoms with Gasteiger partial charge in [-0.05, 0) is 37.1 Å². The van der Waals surface area contributed by atoms with Crippen LogP contribution in [0.4, 0.5) is 0 Å². The highest BCUT2D eigenvalue weighted by Crippen LogP contribution is 2.30. The summed E-state index contributed by atoms with van der Waals surface area (Å²) in [5.41, 5.74) is 0.414. The zero-order valence-corrected chi connectivity index (χ0v) is 14.6. The van der Waals surface area contributed by atoms with Gasteiger partial charge in [0.1, 0.15) is 22.8 Å². The van der Waals surface area contributed by atoms with Crippen LogP contribution < -0.4 is 9.47 Å². The number of methoxy groups -OCH3 is 2. The van der Waals surface area contributed by atoms with Crippen LogP contribution in [0, 0.1) is 0 Å². The van der Waals surface area contributed by atoms with Gasteiger partial charge in [-0.2, -0.15) is 0 Å². The van der Waals surface area contributed by atoms with Gasteiger partial charge in [0.2, 0.25) is 0 Å². The van der Waals surface area contributed by atoms with E-state index in [-0.39, 0.29) is 12.0 Å². The first-order chi connectivity index (χ1) is 12.2.